The Kier molecular flexibility index (Phi) is 2.33. The second-order valence-corrected chi connectivity index (χ2v) is 3.79. The molecule has 4 heteroatoms. The molecule has 2 aromatic heterocycles. The summed E-state index contributed by atoms with van der Waals surface area (Å²) in [7, 11) is 0. The Hall–Kier alpha value is -1.60. The smallest absolute Gasteiger partial charge is 0.139 e. The van der Waals surface area contributed by atoms with E-state index in [9.17, 15) is 0 Å². The Morgan fingerprint density at radius 3 is 3.21 bits per heavy atom. The van der Waals surface area contributed by atoms with Gasteiger partial charge in [0.25, 0.3) is 0 Å². The van der Waals surface area contributed by atoms with Gasteiger partial charge in [-0.3, -0.25) is 0 Å². The van der Waals surface area contributed by atoms with Gasteiger partial charge in [0.2, 0.25) is 0 Å². The third-order valence-corrected chi connectivity index (χ3v) is 2.69. The van der Waals surface area contributed by atoms with Crippen molar-refractivity contribution in [2.75, 3.05) is 5.32 Å². The molecule has 2 aromatic rings. The Labute approximate surface area is 86.2 Å². The second kappa shape index (κ2) is 3.64. The molecule has 0 aliphatic heterocycles. The molecule has 70 valence electrons. The molecule has 2 heterocycles. The molecule has 1 unspecified atom stereocenters. The number of thiophene rings is 1. The average molecular weight is 203 g/mol. The van der Waals surface area contributed by atoms with Gasteiger partial charge in [0.05, 0.1) is 11.4 Å². The zero-order valence-corrected chi connectivity index (χ0v) is 8.51. The summed E-state index contributed by atoms with van der Waals surface area (Å²) >= 11 is 1.59. The van der Waals surface area contributed by atoms with Crippen LogP contribution in [0.4, 0.5) is 5.82 Å². The summed E-state index contributed by atoms with van der Waals surface area (Å²) in [6.07, 6.45) is 6.83. The quantitative estimate of drug-likeness (QED) is 0.760. The Balaban J connectivity index is 2.42. The molecule has 0 aliphatic carbocycles. The van der Waals surface area contributed by atoms with Crippen LogP contribution in [0.25, 0.3) is 10.2 Å². The van der Waals surface area contributed by atoms with Crippen LogP contribution in [0.1, 0.15) is 6.92 Å². The summed E-state index contributed by atoms with van der Waals surface area (Å²) in [4.78, 5) is 9.29. The molecule has 0 bridgehead atoms. The summed E-state index contributed by atoms with van der Waals surface area (Å²) in [5.41, 5.74) is 0. The summed E-state index contributed by atoms with van der Waals surface area (Å²) < 4.78 is 0. The monoisotopic (exact) mass is 203 g/mol. The highest BCUT2D eigenvalue weighted by Crippen LogP contribution is 2.23. The first-order valence-corrected chi connectivity index (χ1v) is 5.10. The molecular weight excluding hydrogens is 194 g/mol. The number of hydrogen-bond acceptors (Lipinski definition) is 4. The van der Waals surface area contributed by atoms with Gasteiger partial charge in [-0.2, -0.15) is 0 Å². The Morgan fingerprint density at radius 1 is 1.57 bits per heavy atom. The van der Waals surface area contributed by atoms with Gasteiger partial charge in [0.15, 0.2) is 0 Å². The van der Waals surface area contributed by atoms with Gasteiger partial charge in [-0.25, -0.2) is 9.97 Å². The SMILES string of the molecule is C#CC(C)Nc1ncnc2sccc12. The average Bonchev–Trinajstić information content (AvgIpc) is 2.66. The highest BCUT2D eigenvalue weighted by molar-refractivity contribution is 7.16. The predicted octanol–water partition coefficient (Wildman–Crippen LogP) is 2.12. The molecular formula is C10H9N3S. The molecule has 0 amide bonds. The fourth-order valence-electron chi connectivity index (χ4n) is 1.15. The minimum absolute atomic E-state index is 0.0204. The van der Waals surface area contributed by atoms with Gasteiger partial charge >= 0.3 is 0 Å². The molecule has 1 atom stereocenters. The van der Waals surface area contributed by atoms with Gasteiger partial charge in [-0.1, -0.05) is 5.92 Å². The molecule has 0 saturated carbocycles. The predicted molar refractivity (Wildman–Crippen MR) is 59.3 cm³/mol. The number of rotatable bonds is 2. The van der Waals surface area contributed by atoms with Crippen molar-refractivity contribution in [1.82, 2.24) is 9.97 Å². The van der Waals surface area contributed by atoms with Crippen molar-refractivity contribution in [3.8, 4) is 12.3 Å². The van der Waals surface area contributed by atoms with E-state index in [1.54, 1.807) is 17.7 Å². The Bertz CT molecular complexity index is 483. The van der Waals surface area contributed by atoms with Crippen molar-refractivity contribution in [2.45, 2.75) is 13.0 Å². The van der Waals surface area contributed by atoms with Crippen LogP contribution < -0.4 is 5.32 Å². The Morgan fingerprint density at radius 2 is 2.43 bits per heavy atom. The molecule has 0 spiro atoms. The largest absolute Gasteiger partial charge is 0.356 e. The second-order valence-electron chi connectivity index (χ2n) is 2.89. The van der Waals surface area contributed by atoms with Gasteiger partial charge in [-0.15, -0.1) is 17.8 Å². The summed E-state index contributed by atoms with van der Waals surface area (Å²) in [6, 6.07) is 1.97. The van der Waals surface area contributed by atoms with Gasteiger partial charge < -0.3 is 5.32 Å². The lowest BCUT2D eigenvalue weighted by Gasteiger charge is -2.08. The maximum atomic E-state index is 5.29. The zero-order valence-electron chi connectivity index (χ0n) is 7.69. The van der Waals surface area contributed by atoms with Gasteiger partial charge in [0, 0.05) is 0 Å². The molecule has 1 N–H and O–H groups in total. The van der Waals surface area contributed by atoms with Crippen molar-refractivity contribution in [1.29, 1.82) is 0 Å². The van der Waals surface area contributed by atoms with Crippen LogP contribution in [0.3, 0.4) is 0 Å². The van der Waals surface area contributed by atoms with E-state index in [1.165, 1.54) is 0 Å². The standard InChI is InChI=1S/C10H9N3S/c1-3-7(2)13-9-8-4-5-14-10(8)12-6-11-9/h1,4-7H,2H3,(H,11,12,13). The molecule has 0 aromatic carbocycles. The van der Waals surface area contributed by atoms with Crippen molar-refractivity contribution in [2.24, 2.45) is 0 Å². The molecule has 0 fully saturated rings. The normalized spacial score (nSPS) is 12.3. The van der Waals surface area contributed by atoms with Crippen LogP contribution in [0, 0.1) is 12.3 Å². The number of nitrogens with zero attached hydrogens (tertiary/aromatic N) is 2. The minimum Gasteiger partial charge on any atom is -0.356 e. The van der Waals surface area contributed by atoms with Crippen molar-refractivity contribution in [3.63, 3.8) is 0 Å². The van der Waals surface area contributed by atoms with E-state index in [2.05, 4.69) is 21.2 Å². The molecule has 2 rings (SSSR count). The van der Waals surface area contributed by atoms with Crippen molar-refractivity contribution in [3.05, 3.63) is 17.8 Å². The zero-order chi connectivity index (χ0) is 9.97. The van der Waals surface area contributed by atoms with Crippen LogP contribution in [0.5, 0.6) is 0 Å². The number of aromatic nitrogens is 2. The van der Waals surface area contributed by atoms with E-state index < -0.39 is 0 Å². The molecule has 0 radical (unpaired) electrons. The number of anilines is 1. The van der Waals surface area contributed by atoms with Gasteiger partial charge in [-0.05, 0) is 18.4 Å². The van der Waals surface area contributed by atoms with Crippen LogP contribution in [0.2, 0.25) is 0 Å². The fourth-order valence-corrected chi connectivity index (χ4v) is 1.88. The molecule has 0 aliphatic rings. The highest BCUT2D eigenvalue weighted by Gasteiger charge is 2.05. The first-order chi connectivity index (χ1) is 6.81. The first-order valence-electron chi connectivity index (χ1n) is 4.22. The third-order valence-electron chi connectivity index (χ3n) is 1.86. The topological polar surface area (TPSA) is 37.8 Å². The lowest BCUT2D eigenvalue weighted by Crippen LogP contribution is -2.13. The van der Waals surface area contributed by atoms with Crippen LogP contribution in [-0.2, 0) is 0 Å². The number of nitrogens with one attached hydrogen (secondary N) is 1. The lowest BCUT2D eigenvalue weighted by atomic mass is 10.3. The van der Waals surface area contributed by atoms with Crippen LogP contribution in [0.15, 0.2) is 17.8 Å². The van der Waals surface area contributed by atoms with E-state index >= 15 is 0 Å². The van der Waals surface area contributed by atoms with E-state index in [4.69, 9.17) is 6.42 Å². The van der Waals surface area contributed by atoms with Crippen molar-refractivity contribution < 1.29 is 0 Å². The summed E-state index contributed by atoms with van der Waals surface area (Å²) in [5.74, 6) is 3.41. The van der Waals surface area contributed by atoms with E-state index in [0.29, 0.717) is 0 Å². The molecule has 3 nitrogen and oxygen atoms in total. The molecule has 14 heavy (non-hydrogen) atoms. The molecule has 0 saturated heterocycles. The maximum absolute atomic E-state index is 5.29. The summed E-state index contributed by atoms with van der Waals surface area (Å²) in [6.45, 7) is 1.92. The number of terminal acetylenes is 1. The van der Waals surface area contributed by atoms with E-state index in [1.807, 2.05) is 18.4 Å². The maximum Gasteiger partial charge on any atom is 0.139 e. The third kappa shape index (κ3) is 1.54. The number of fused-ring (bicyclic) bond motifs is 1. The number of hydrogen-bond donors (Lipinski definition) is 1. The van der Waals surface area contributed by atoms with Crippen LogP contribution >= 0.6 is 11.3 Å². The lowest BCUT2D eigenvalue weighted by molar-refractivity contribution is 1.01. The fraction of sp³-hybridized carbons (Fsp3) is 0.200. The van der Waals surface area contributed by atoms with Crippen molar-refractivity contribution >= 4 is 27.4 Å². The van der Waals surface area contributed by atoms with Gasteiger partial charge in [0.1, 0.15) is 17.0 Å². The highest BCUT2D eigenvalue weighted by atomic mass is 32.1. The van der Waals surface area contributed by atoms with E-state index in [-0.39, 0.29) is 6.04 Å². The summed E-state index contributed by atoms with van der Waals surface area (Å²) in [5, 5.41) is 6.16. The van der Waals surface area contributed by atoms with Crippen LogP contribution in [-0.4, -0.2) is 16.0 Å². The van der Waals surface area contributed by atoms with E-state index in [0.717, 1.165) is 16.0 Å². The first kappa shape index (κ1) is 8.97. The minimum atomic E-state index is -0.0204.